The third-order valence-corrected chi connectivity index (χ3v) is 5.13. The maximum Gasteiger partial charge on any atom is 0.494 e. The average Bonchev–Trinajstić information content (AvgIpc) is 3.12. The van der Waals surface area contributed by atoms with Gasteiger partial charge >= 0.3 is 13.2 Å². The topological polar surface area (TPSA) is 66.0 Å². The van der Waals surface area contributed by atoms with Crippen molar-refractivity contribution in [2.45, 2.75) is 45.3 Å². The molecule has 2 saturated heterocycles. The van der Waals surface area contributed by atoms with Crippen molar-refractivity contribution < 1.29 is 23.6 Å². The molecule has 0 spiro atoms. The lowest BCUT2D eigenvalue weighted by molar-refractivity contribution is 0.00578. The molecule has 1 amide bonds. The van der Waals surface area contributed by atoms with Gasteiger partial charge < -0.3 is 18.8 Å². The molecular formula is C18H26BNO5. The normalized spacial score (nSPS) is 24.3. The first-order valence-corrected chi connectivity index (χ1v) is 8.74. The molecule has 2 heterocycles. The van der Waals surface area contributed by atoms with Gasteiger partial charge in [0.25, 0.3) is 0 Å². The Kier molecular flexibility index (Phi) is 5.09. The van der Waals surface area contributed by atoms with Crippen molar-refractivity contribution in [2.24, 2.45) is 5.92 Å². The Morgan fingerprint density at radius 1 is 1.28 bits per heavy atom. The monoisotopic (exact) mass is 347 g/mol. The molecule has 1 aromatic rings. The van der Waals surface area contributed by atoms with Crippen LogP contribution in [0.25, 0.3) is 0 Å². The molecular weight excluding hydrogens is 321 g/mol. The van der Waals surface area contributed by atoms with E-state index in [1.807, 2.05) is 52.0 Å². The Morgan fingerprint density at radius 3 is 2.64 bits per heavy atom. The maximum atomic E-state index is 12.0. The Labute approximate surface area is 149 Å². The number of carbonyl (C=O) groups excluding carboxylic acids is 1. The molecule has 0 saturated carbocycles. The van der Waals surface area contributed by atoms with Crippen LogP contribution in [0, 0.1) is 5.92 Å². The van der Waals surface area contributed by atoms with Gasteiger partial charge in [0.15, 0.2) is 0 Å². The standard InChI is InChI=1S/C18H26BNO5/c1-17(2)18(3,4)25-19(24-17)14-6-5-7-15(10-14)20-16(21)23-12-13-8-9-22-11-13/h5-7,10,13H,8-9,11-12H2,1-4H3,(H,20,21). The average molecular weight is 347 g/mol. The summed E-state index contributed by atoms with van der Waals surface area (Å²) in [6.07, 6.45) is 0.475. The molecule has 3 rings (SSSR count). The first kappa shape index (κ1) is 18.2. The summed E-state index contributed by atoms with van der Waals surface area (Å²) in [5.41, 5.74) is 0.716. The van der Waals surface area contributed by atoms with Gasteiger partial charge in [-0.05, 0) is 51.7 Å². The number of nitrogens with one attached hydrogen (secondary N) is 1. The van der Waals surface area contributed by atoms with Crippen molar-refractivity contribution in [3.05, 3.63) is 24.3 Å². The van der Waals surface area contributed by atoms with Crippen molar-refractivity contribution in [2.75, 3.05) is 25.1 Å². The second-order valence-corrected chi connectivity index (χ2v) is 7.67. The molecule has 0 radical (unpaired) electrons. The number of hydrogen-bond donors (Lipinski definition) is 1. The Hall–Kier alpha value is -1.57. The van der Waals surface area contributed by atoms with Crippen LogP contribution in [-0.4, -0.2) is 44.2 Å². The summed E-state index contributed by atoms with van der Waals surface area (Å²) in [6, 6.07) is 7.45. The van der Waals surface area contributed by atoms with Gasteiger partial charge in [-0.15, -0.1) is 0 Å². The zero-order valence-corrected chi connectivity index (χ0v) is 15.3. The van der Waals surface area contributed by atoms with E-state index < -0.39 is 24.4 Å². The number of ether oxygens (including phenoxy) is 2. The number of anilines is 1. The number of benzene rings is 1. The Balaban J connectivity index is 1.59. The van der Waals surface area contributed by atoms with Crippen LogP contribution < -0.4 is 10.8 Å². The predicted octanol–water partition coefficient (Wildman–Crippen LogP) is 2.57. The quantitative estimate of drug-likeness (QED) is 0.848. The fraction of sp³-hybridized carbons (Fsp3) is 0.611. The minimum atomic E-state index is -0.460. The van der Waals surface area contributed by atoms with Gasteiger partial charge in [0, 0.05) is 18.2 Å². The van der Waals surface area contributed by atoms with Gasteiger partial charge in [-0.1, -0.05) is 12.1 Å². The summed E-state index contributed by atoms with van der Waals surface area (Å²) in [7, 11) is -0.460. The van der Waals surface area contributed by atoms with E-state index in [0.29, 0.717) is 24.8 Å². The molecule has 1 aromatic carbocycles. The lowest BCUT2D eigenvalue weighted by Crippen LogP contribution is -2.41. The highest BCUT2D eigenvalue weighted by molar-refractivity contribution is 6.62. The van der Waals surface area contributed by atoms with Crippen molar-refractivity contribution in [1.29, 1.82) is 0 Å². The fourth-order valence-electron chi connectivity index (χ4n) is 2.80. The van der Waals surface area contributed by atoms with Crippen LogP contribution in [0.3, 0.4) is 0 Å². The zero-order valence-electron chi connectivity index (χ0n) is 15.3. The van der Waals surface area contributed by atoms with E-state index in [0.717, 1.165) is 18.5 Å². The molecule has 1 unspecified atom stereocenters. The zero-order chi connectivity index (χ0) is 18.1. The van der Waals surface area contributed by atoms with Gasteiger partial charge in [0.2, 0.25) is 0 Å². The third-order valence-electron chi connectivity index (χ3n) is 5.13. The van der Waals surface area contributed by atoms with Crippen LogP contribution in [0.4, 0.5) is 10.5 Å². The molecule has 0 bridgehead atoms. The fourth-order valence-corrected chi connectivity index (χ4v) is 2.80. The Bertz CT molecular complexity index is 612. The number of rotatable bonds is 4. The highest BCUT2D eigenvalue weighted by atomic mass is 16.7. The van der Waals surface area contributed by atoms with E-state index in [1.165, 1.54) is 0 Å². The molecule has 2 fully saturated rings. The van der Waals surface area contributed by atoms with Crippen molar-refractivity contribution in [3.8, 4) is 0 Å². The second-order valence-electron chi connectivity index (χ2n) is 7.67. The largest absolute Gasteiger partial charge is 0.494 e. The number of carbonyl (C=O) groups is 1. The number of hydrogen-bond acceptors (Lipinski definition) is 5. The lowest BCUT2D eigenvalue weighted by atomic mass is 9.79. The smallest absolute Gasteiger partial charge is 0.449 e. The van der Waals surface area contributed by atoms with Gasteiger partial charge in [0.1, 0.15) is 0 Å². The van der Waals surface area contributed by atoms with E-state index >= 15 is 0 Å². The summed E-state index contributed by atoms with van der Waals surface area (Å²) in [5, 5.41) is 2.76. The van der Waals surface area contributed by atoms with E-state index in [-0.39, 0.29) is 0 Å². The molecule has 2 aliphatic rings. The summed E-state index contributed by atoms with van der Waals surface area (Å²) in [5.74, 6) is 0.293. The van der Waals surface area contributed by atoms with Crippen LogP contribution in [0.1, 0.15) is 34.1 Å². The van der Waals surface area contributed by atoms with Gasteiger partial charge in [-0.2, -0.15) is 0 Å². The van der Waals surface area contributed by atoms with E-state index in [4.69, 9.17) is 18.8 Å². The second kappa shape index (κ2) is 6.98. The first-order valence-electron chi connectivity index (χ1n) is 8.74. The molecule has 2 aliphatic heterocycles. The van der Waals surface area contributed by atoms with Crippen LogP contribution in [0.2, 0.25) is 0 Å². The Morgan fingerprint density at radius 2 is 2.00 bits per heavy atom. The van der Waals surface area contributed by atoms with Gasteiger partial charge in [-0.3, -0.25) is 5.32 Å². The van der Waals surface area contributed by atoms with E-state index in [9.17, 15) is 4.79 Å². The summed E-state index contributed by atoms with van der Waals surface area (Å²) >= 11 is 0. The molecule has 0 aromatic heterocycles. The highest BCUT2D eigenvalue weighted by Crippen LogP contribution is 2.36. The maximum absolute atomic E-state index is 12.0. The SMILES string of the molecule is CC1(C)OB(c2cccc(NC(=O)OCC3CCOC3)c2)OC1(C)C. The van der Waals surface area contributed by atoms with Crippen molar-refractivity contribution in [3.63, 3.8) is 0 Å². The van der Waals surface area contributed by atoms with Gasteiger partial charge in [-0.25, -0.2) is 4.79 Å². The van der Waals surface area contributed by atoms with Crippen molar-refractivity contribution in [1.82, 2.24) is 0 Å². The minimum absolute atomic E-state index is 0.293. The van der Waals surface area contributed by atoms with E-state index in [1.54, 1.807) is 0 Å². The highest BCUT2D eigenvalue weighted by Gasteiger charge is 2.51. The summed E-state index contributed by atoms with van der Waals surface area (Å²) in [4.78, 5) is 12.0. The minimum Gasteiger partial charge on any atom is -0.449 e. The first-order chi connectivity index (χ1) is 11.8. The lowest BCUT2D eigenvalue weighted by Gasteiger charge is -2.32. The number of amides is 1. The van der Waals surface area contributed by atoms with Crippen molar-refractivity contribution >= 4 is 24.4 Å². The van der Waals surface area contributed by atoms with Crippen LogP contribution in [0.5, 0.6) is 0 Å². The summed E-state index contributed by atoms with van der Waals surface area (Å²) < 4.78 is 22.6. The molecule has 7 heteroatoms. The van der Waals surface area contributed by atoms with Crippen LogP contribution in [0.15, 0.2) is 24.3 Å². The summed E-state index contributed by atoms with van der Waals surface area (Å²) in [6.45, 7) is 9.83. The molecule has 6 nitrogen and oxygen atoms in total. The van der Waals surface area contributed by atoms with Gasteiger partial charge in [0.05, 0.1) is 24.4 Å². The molecule has 1 atom stereocenters. The molecule has 25 heavy (non-hydrogen) atoms. The van der Waals surface area contributed by atoms with E-state index in [2.05, 4.69) is 5.32 Å². The van der Waals surface area contributed by atoms with Crippen LogP contribution in [-0.2, 0) is 18.8 Å². The molecule has 1 N–H and O–H groups in total. The molecule has 0 aliphatic carbocycles. The molecule has 136 valence electrons. The van der Waals surface area contributed by atoms with Crippen LogP contribution >= 0.6 is 0 Å². The predicted molar refractivity (Wildman–Crippen MR) is 96.1 cm³/mol. The third kappa shape index (κ3) is 4.16.